The third-order valence-electron chi connectivity index (χ3n) is 3.47. The maximum absolute atomic E-state index is 12.1. The number of hydrazone groups is 1. The van der Waals surface area contributed by atoms with Gasteiger partial charge in [0.1, 0.15) is 0 Å². The number of nitro groups is 1. The van der Waals surface area contributed by atoms with Crippen LogP contribution in [0.2, 0.25) is 10.0 Å². The molecule has 0 aliphatic heterocycles. The van der Waals surface area contributed by atoms with Crippen molar-refractivity contribution in [3.63, 3.8) is 0 Å². The summed E-state index contributed by atoms with van der Waals surface area (Å²) < 4.78 is 0. The number of non-ortho nitro benzene ring substituents is 1. The number of amides is 1. The fraction of sp³-hybridized carbons (Fsp3) is 0. The number of fused-ring (bicyclic) bond motifs is 1. The second kappa shape index (κ2) is 7.52. The molecule has 1 amide bonds. The molecule has 2 aromatic carbocycles. The molecular formula is C16H9Cl2N5O4. The molecule has 0 unspecified atom stereocenters. The molecule has 0 aliphatic carbocycles. The predicted octanol–water partition coefficient (Wildman–Crippen LogP) is 2.90. The molecule has 3 aromatic rings. The van der Waals surface area contributed by atoms with E-state index in [9.17, 15) is 19.7 Å². The average Bonchev–Trinajstić information content (AvgIpc) is 2.64. The van der Waals surface area contributed by atoms with E-state index in [-0.39, 0.29) is 27.4 Å². The van der Waals surface area contributed by atoms with Gasteiger partial charge in [-0.3, -0.25) is 19.7 Å². The Bertz CT molecular complexity index is 1160. The van der Waals surface area contributed by atoms with Crippen LogP contribution in [0.5, 0.6) is 0 Å². The third kappa shape index (κ3) is 3.94. The van der Waals surface area contributed by atoms with E-state index in [4.69, 9.17) is 23.2 Å². The zero-order valence-corrected chi connectivity index (χ0v) is 14.8. The van der Waals surface area contributed by atoms with Gasteiger partial charge in [0.05, 0.1) is 32.1 Å². The number of nitro benzene ring substituents is 1. The van der Waals surface area contributed by atoms with Gasteiger partial charge in [-0.1, -0.05) is 35.3 Å². The molecule has 0 atom stereocenters. The van der Waals surface area contributed by atoms with E-state index >= 15 is 0 Å². The van der Waals surface area contributed by atoms with E-state index in [2.05, 4.69) is 20.5 Å². The molecule has 27 heavy (non-hydrogen) atoms. The summed E-state index contributed by atoms with van der Waals surface area (Å²) in [5.41, 5.74) is 1.88. The molecule has 1 aromatic heterocycles. The molecule has 3 rings (SSSR count). The van der Waals surface area contributed by atoms with Crippen molar-refractivity contribution in [3.05, 3.63) is 78.3 Å². The molecule has 0 bridgehead atoms. The van der Waals surface area contributed by atoms with Crippen molar-refractivity contribution in [2.45, 2.75) is 0 Å². The van der Waals surface area contributed by atoms with E-state index in [0.29, 0.717) is 10.6 Å². The number of nitrogens with one attached hydrogen (secondary N) is 2. The van der Waals surface area contributed by atoms with Crippen LogP contribution in [0.15, 0.2) is 46.3 Å². The van der Waals surface area contributed by atoms with Crippen molar-refractivity contribution >= 4 is 51.9 Å². The maximum Gasteiger partial charge on any atom is 0.307 e. The van der Waals surface area contributed by atoms with Crippen molar-refractivity contribution in [3.8, 4) is 0 Å². The summed E-state index contributed by atoms with van der Waals surface area (Å²) >= 11 is 11.9. The highest BCUT2D eigenvalue weighted by molar-refractivity contribution is 6.43. The molecule has 1 heterocycles. The first kappa shape index (κ1) is 18.5. The second-order valence-corrected chi connectivity index (χ2v) is 6.00. The van der Waals surface area contributed by atoms with Crippen LogP contribution >= 0.6 is 23.2 Å². The number of hydrogen-bond acceptors (Lipinski definition) is 6. The van der Waals surface area contributed by atoms with Crippen LogP contribution in [0.3, 0.4) is 0 Å². The summed E-state index contributed by atoms with van der Waals surface area (Å²) in [7, 11) is 0. The van der Waals surface area contributed by atoms with Gasteiger partial charge < -0.3 is 4.98 Å². The second-order valence-electron chi connectivity index (χ2n) is 5.22. The highest BCUT2D eigenvalue weighted by Crippen LogP contribution is 2.24. The smallest absolute Gasteiger partial charge is 0.302 e. The maximum atomic E-state index is 12.1. The highest BCUT2D eigenvalue weighted by atomic mass is 35.5. The Morgan fingerprint density at radius 3 is 2.81 bits per heavy atom. The largest absolute Gasteiger partial charge is 0.307 e. The fourth-order valence-corrected chi connectivity index (χ4v) is 2.54. The molecule has 0 saturated heterocycles. The van der Waals surface area contributed by atoms with Gasteiger partial charge in [0.2, 0.25) is 5.82 Å². The van der Waals surface area contributed by atoms with E-state index in [1.54, 1.807) is 18.2 Å². The number of nitrogens with zero attached hydrogens (tertiary/aromatic N) is 3. The molecule has 0 radical (unpaired) electrons. The molecule has 2 N–H and O–H groups in total. The first-order chi connectivity index (χ1) is 12.9. The Morgan fingerprint density at radius 2 is 2.07 bits per heavy atom. The van der Waals surface area contributed by atoms with Gasteiger partial charge in [0.25, 0.3) is 11.2 Å². The molecule has 0 saturated carbocycles. The molecule has 136 valence electrons. The Kier molecular flexibility index (Phi) is 5.15. The summed E-state index contributed by atoms with van der Waals surface area (Å²) in [5, 5.41) is 15.1. The Hall–Kier alpha value is -3.30. The van der Waals surface area contributed by atoms with Crippen LogP contribution in [0.1, 0.15) is 16.2 Å². The van der Waals surface area contributed by atoms with E-state index in [1.807, 2.05) is 0 Å². The molecule has 11 heteroatoms. The minimum absolute atomic E-state index is 0.00467. The highest BCUT2D eigenvalue weighted by Gasteiger charge is 2.14. The third-order valence-corrected chi connectivity index (χ3v) is 4.30. The van der Waals surface area contributed by atoms with Gasteiger partial charge in [-0.05, 0) is 12.1 Å². The normalized spacial score (nSPS) is 11.0. The number of aromatic amines is 1. The molecule has 0 spiro atoms. The van der Waals surface area contributed by atoms with Crippen LogP contribution in [-0.4, -0.2) is 27.0 Å². The summed E-state index contributed by atoms with van der Waals surface area (Å²) in [6.45, 7) is 0. The van der Waals surface area contributed by atoms with Gasteiger partial charge in [-0.25, -0.2) is 10.4 Å². The molecule has 9 nitrogen and oxygen atoms in total. The number of aromatic nitrogens is 2. The van der Waals surface area contributed by atoms with E-state index < -0.39 is 16.4 Å². The van der Waals surface area contributed by atoms with Gasteiger partial charge >= 0.3 is 5.91 Å². The minimum Gasteiger partial charge on any atom is -0.302 e. The Morgan fingerprint density at radius 1 is 1.30 bits per heavy atom. The van der Waals surface area contributed by atoms with E-state index in [0.717, 1.165) is 6.07 Å². The Balaban J connectivity index is 1.84. The number of carbonyl (C=O) groups excluding carboxylic acids is 1. The summed E-state index contributed by atoms with van der Waals surface area (Å²) in [6.07, 6.45) is 1.29. The predicted molar refractivity (Wildman–Crippen MR) is 101 cm³/mol. The number of benzene rings is 2. The van der Waals surface area contributed by atoms with Crippen molar-refractivity contribution < 1.29 is 9.72 Å². The van der Waals surface area contributed by atoms with E-state index in [1.165, 1.54) is 18.3 Å². The SMILES string of the molecule is O=C(NN=Cc1cccc(Cl)c1Cl)c1nc2ccc([N+](=O)[O-])cc2c(=O)[nH]1. The lowest BCUT2D eigenvalue weighted by molar-refractivity contribution is -0.384. The van der Waals surface area contributed by atoms with Crippen molar-refractivity contribution in [2.75, 3.05) is 0 Å². The number of carbonyl (C=O) groups is 1. The van der Waals surface area contributed by atoms with Crippen LogP contribution < -0.4 is 11.0 Å². The lowest BCUT2D eigenvalue weighted by atomic mass is 10.2. The van der Waals surface area contributed by atoms with Crippen LogP contribution in [0.25, 0.3) is 10.9 Å². The van der Waals surface area contributed by atoms with Crippen LogP contribution in [0, 0.1) is 10.1 Å². The standard InChI is InChI=1S/C16H9Cl2N5O4/c17-11-3-1-2-8(13(11)18)7-19-22-16(25)14-20-12-5-4-9(23(26)27)6-10(12)15(24)21-14/h1-7H,(H,22,25)(H,20,21,24). The number of halogens is 2. The van der Waals surface area contributed by atoms with Gasteiger partial charge in [0.15, 0.2) is 0 Å². The topological polar surface area (TPSA) is 130 Å². The van der Waals surface area contributed by atoms with Crippen molar-refractivity contribution in [1.29, 1.82) is 0 Å². The van der Waals surface area contributed by atoms with Crippen molar-refractivity contribution in [1.82, 2.24) is 15.4 Å². The minimum atomic E-state index is -0.776. The monoisotopic (exact) mass is 405 g/mol. The average molecular weight is 406 g/mol. The summed E-state index contributed by atoms with van der Waals surface area (Å²) in [4.78, 5) is 40.6. The number of H-pyrrole nitrogens is 1. The van der Waals surface area contributed by atoms with Crippen molar-refractivity contribution in [2.24, 2.45) is 5.10 Å². The number of hydrogen-bond donors (Lipinski definition) is 2. The molecule has 0 aliphatic rings. The Labute approximate surface area is 160 Å². The molecular weight excluding hydrogens is 397 g/mol. The van der Waals surface area contributed by atoms with Crippen LogP contribution in [0.4, 0.5) is 5.69 Å². The number of rotatable bonds is 4. The quantitative estimate of drug-likeness (QED) is 0.391. The molecule has 0 fully saturated rings. The fourth-order valence-electron chi connectivity index (χ4n) is 2.18. The first-order valence-corrected chi connectivity index (χ1v) is 8.08. The zero-order chi connectivity index (χ0) is 19.6. The lowest BCUT2D eigenvalue weighted by Crippen LogP contribution is -2.24. The van der Waals surface area contributed by atoms with Gasteiger partial charge in [-0.2, -0.15) is 5.10 Å². The lowest BCUT2D eigenvalue weighted by Gasteiger charge is -2.02. The summed E-state index contributed by atoms with van der Waals surface area (Å²) in [5.74, 6) is -1.07. The van der Waals surface area contributed by atoms with Gasteiger partial charge in [0, 0.05) is 17.7 Å². The van der Waals surface area contributed by atoms with Crippen LogP contribution in [-0.2, 0) is 0 Å². The van der Waals surface area contributed by atoms with Gasteiger partial charge in [-0.15, -0.1) is 0 Å². The first-order valence-electron chi connectivity index (χ1n) is 7.32. The zero-order valence-electron chi connectivity index (χ0n) is 13.3. The summed E-state index contributed by atoms with van der Waals surface area (Å²) in [6, 6.07) is 8.48.